The van der Waals surface area contributed by atoms with Crippen molar-refractivity contribution in [2.45, 2.75) is 56.8 Å². The van der Waals surface area contributed by atoms with Crippen LogP contribution >= 0.6 is 11.3 Å². The Labute approximate surface area is 223 Å². The molecular weight excluding hydrogens is 521 g/mol. The quantitative estimate of drug-likeness (QED) is 0.194. The van der Waals surface area contributed by atoms with Crippen LogP contribution in [0.25, 0.3) is 0 Å². The van der Waals surface area contributed by atoms with E-state index in [2.05, 4.69) is 18.1 Å². The predicted octanol–water partition coefficient (Wildman–Crippen LogP) is 5.99. The number of halogens is 3. The first kappa shape index (κ1) is 29.2. The first-order valence-corrected chi connectivity index (χ1v) is 13.0. The number of piperidine rings is 1. The number of hydrogen-bond acceptors (Lipinski definition) is 7. The average Bonchev–Trinajstić information content (AvgIpc) is 3.30. The van der Waals surface area contributed by atoms with Gasteiger partial charge in [-0.25, -0.2) is 9.78 Å². The Kier molecular flexibility index (Phi) is 9.59. The van der Waals surface area contributed by atoms with Gasteiger partial charge in [-0.3, -0.25) is 4.79 Å². The Hall–Kier alpha value is -3.34. The molecular formula is C27H31F3N2O5S. The molecule has 0 bridgehead atoms. The minimum Gasteiger partial charge on any atom is -0.477 e. The second-order valence-electron chi connectivity index (χ2n) is 8.83. The standard InChI is InChI=1S/C27H31F3N2O5S/c1-5-7-8-15-36-23-22(20(11-13-31-23)27(28,29)30)24(33)32-14-9-12-26(25(34)35-4,21(32)10-6-2)37-19-16-18(3)38-17-19/h5-6,11,13,16-17,21H,1-2,7-10,12,14-15H2,3-4H3/t21-,26+/m1/s1. The maximum atomic E-state index is 14.1. The molecule has 2 atom stereocenters. The van der Waals surface area contributed by atoms with Crippen LogP contribution in [0.1, 0.15) is 52.9 Å². The zero-order chi connectivity index (χ0) is 27.9. The molecule has 1 amide bonds. The van der Waals surface area contributed by atoms with Crippen molar-refractivity contribution in [1.29, 1.82) is 0 Å². The summed E-state index contributed by atoms with van der Waals surface area (Å²) < 4.78 is 59.2. The molecule has 1 aliphatic heterocycles. The summed E-state index contributed by atoms with van der Waals surface area (Å²) in [6.07, 6.45) is 0.882. The van der Waals surface area contributed by atoms with Crippen molar-refractivity contribution in [3.63, 3.8) is 0 Å². The molecule has 2 aromatic heterocycles. The van der Waals surface area contributed by atoms with Crippen molar-refractivity contribution >= 4 is 23.2 Å². The summed E-state index contributed by atoms with van der Waals surface area (Å²) in [6.45, 7) is 9.36. The number of carbonyl (C=O) groups is 2. The molecule has 7 nitrogen and oxygen atoms in total. The molecule has 38 heavy (non-hydrogen) atoms. The summed E-state index contributed by atoms with van der Waals surface area (Å²) in [5, 5.41) is 1.73. The molecule has 3 heterocycles. The van der Waals surface area contributed by atoms with Gasteiger partial charge in [0.2, 0.25) is 11.5 Å². The zero-order valence-electron chi connectivity index (χ0n) is 21.4. The van der Waals surface area contributed by atoms with Crippen LogP contribution in [-0.2, 0) is 15.7 Å². The number of methoxy groups -OCH3 is 1. The minimum atomic E-state index is -4.85. The van der Waals surface area contributed by atoms with Gasteiger partial charge in [0.25, 0.3) is 5.91 Å². The van der Waals surface area contributed by atoms with Crippen LogP contribution in [0.4, 0.5) is 13.2 Å². The van der Waals surface area contributed by atoms with Crippen molar-refractivity contribution in [2.24, 2.45) is 0 Å². The van der Waals surface area contributed by atoms with E-state index in [4.69, 9.17) is 14.2 Å². The molecule has 3 rings (SSSR count). The summed E-state index contributed by atoms with van der Waals surface area (Å²) in [5.74, 6) is -1.71. The van der Waals surface area contributed by atoms with Gasteiger partial charge in [0.15, 0.2) is 0 Å². The number of hydrogen-bond donors (Lipinski definition) is 0. The SMILES string of the molecule is C=CCCCOc1nccc(C(F)(F)F)c1C(=O)N1CCC[C@@](Oc2csc(C)c2)(C(=O)OC)[C@H]1CC=C. The fraction of sp³-hybridized carbons (Fsp3) is 0.444. The Bertz CT molecular complexity index is 1170. The summed E-state index contributed by atoms with van der Waals surface area (Å²) >= 11 is 1.41. The third kappa shape index (κ3) is 6.20. The number of ether oxygens (including phenoxy) is 3. The van der Waals surface area contributed by atoms with E-state index in [0.717, 1.165) is 17.1 Å². The van der Waals surface area contributed by atoms with Gasteiger partial charge in [0.1, 0.15) is 11.3 Å². The number of thiophene rings is 1. The van der Waals surface area contributed by atoms with Crippen molar-refractivity contribution < 1.29 is 37.0 Å². The number of carbonyl (C=O) groups excluding carboxylic acids is 2. The van der Waals surface area contributed by atoms with E-state index in [1.54, 1.807) is 17.5 Å². The summed E-state index contributed by atoms with van der Waals surface area (Å²) in [7, 11) is 1.20. The second kappa shape index (κ2) is 12.5. The molecule has 1 aliphatic rings. The van der Waals surface area contributed by atoms with Crippen LogP contribution in [0.3, 0.4) is 0 Å². The van der Waals surface area contributed by atoms with E-state index in [-0.39, 0.29) is 32.4 Å². The van der Waals surface area contributed by atoms with Crippen molar-refractivity contribution in [1.82, 2.24) is 9.88 Å². The molecule has 206 valence electrons. The predicted molar refractivity (Wildman–Crippen MR) is 137 cm³/mol. The Morgan fingerprint density at radius 1 is 1.32 bits per heavy atom. The number of likely N-dealkylation sites (tertiary alicyclic amines) is 1. The van der Waals surface area contributed by atoms with Gasteiger partial charge in [0.05, 0.1) is 25.3 Å². The van der Waals surface area contributed by atoms with E-state index in [9.17, 15) is 22.8 Å². The Morgan fingerprint density at radius 2 is 2.08 bits per heavy atom. The number of rotatable bonds is 11. The van der Waals surface area contributed by atoms with Crippen molar-refractivity contribution in [2.75, 3.05) is 20.3 Å². The molecule has 1 saturated heterocycles. The summed E-state index contributed by atoms with van der Waals surface area (Å²) in [6, 6.07) is 1.50. The van der Waals surface area contributed by atoms with E-state index in [1.165, 1.54) is 29.4 Å². The van der Waals surface area contributed by atoms with Gasteiger partial charge in [-0.1, -0.05) is 12.2 Å². The van der Waals surface area contributed by atoms with Crippen molar-refractivity contribution in [3.05, 3.63) is 65.0 Å². The van der Waals surface area contributed by atoms with Gasteiger partial charge < -0.3 is 19.1 Å². The third-order valence-electron chi connectivity index (χ3n) is 6.28. The van der Waals surface area contributed by atoms with Crippen LogP contribution in [0.2, 0.25) is 0 Å². The van der Waals surface area contributed by atoms with Gasteiger partial charge >= 0.3 is 12.1 Å². The normalized spacial score (nSPS) is 19.5. The Morgan fingerprint density at radius 3 is 2.68 bits per heavy atom. The molecule has 0 saturated carbocycles. The first-order valence-electron chi connectivity index (χ1n) is 12.1. The van der Waals surface area contributed by atoms with Gasteiger partial charge in [-0.15, -0.1) is 24.5 Å². The minimum absolute atomic E-state index is 0.0451. The molecule has 2 aromatic rings. The molecule has 1 fully saturated rings. The molecule has 0 N–H and O–H groups in total. The largest absolute Gasteiger partial charge is 0.477 e. The topological polar surface area (TPSA) is 78.0 Å². The highest BCUT2D eigenvalue weighted by atomic mass is 32.1. The van der Waals surface area contributed by atoms with Crippen LogP contribution in [0.15, 0.2) is 49.0 Å². The molecule has 0 radical (unpaired) electrons. The highest BCUT2D eigenvalue weighted by Crippen LogP contribution is 2.41. The van der Waals surface area contributed by atoms with Crippen molar-refractivity contribution in [3.8, 4) is 11.6 Å². The summed E-state index contributed by atoms with van der Waals surface area (Å²) in [5.41, 5.74) is -3.53. The molecule has 0 aliphatic carbocycles. The number of pyridine rings is 1. The second-order valence-corrected chi connectivity index (χ2v) is 9.95. The number of alkyl halides is 3. The monoisotopic (exact) mass is 552 g/mol. The number of aryl methyl sites for hydroxylation is 1. The highest BCUT2D eigenvalue weighted by molar-refractivity contribution is 7.10. The number of allylic oxidation sites excluding steroid dienone is 1. The van der Waals surface area contributed by atoms with Crippen LogP contribution in [0, 0.1) is 6.92 Å². The maximum absolute atomic E-state index is 14.1. The lowest BCUT2D eigenvalue weighted by Gasteiger charge is -2.47. The third-order valence-corrected chi connectivity index (χ3v) is 7.12. The highest BCUT2D eigenvalue weighted by Gasteiger charge is 2.55. The van der Waals surface area contributed by atoms with Crippen LogP contribution in [-0.4, -0.2) is 53.7 Å². The molecule has 0 aromatic carbocycles. The number of esters is 1. The average molecular weight is 553 g/mol. The van der Waals surface area contributed by atoms with E-state index in [1.807, 2.05) is 6.92 Å². The van der Waals surface area contributed by atoms with E-state index < -0.39 is 46.7 Å². The van der Waals surface area contributed by atoms with Gasteiger partial charge in [-0.2, -0.15) is 13.2 Å². The molecule has 0 spiro atoms. The fourth-order valence-electron chi connectivity index (χ4n) is 4.59. The number of amides is 1. The number of nitrogens with zero attached hydrogens (tertiary/aromatic N) is 2. The van der Waals surface area contributed by atoms with Gasteiger partial charge in [0, 0.05) is 29.4 Å². The summed E-state index contributed by atoms with van der Waals surface area (Å²) in [4.78, 5) is 33.3. The number of unbranched alkanes of at least 4 members (excludes halogenated alkanes) is 1. The zero-order valence-corrected chi connectivity index (χ0v) is 22.2. The Balaban J connectivity index is 2.10. The lowest BCUT2D eigenvalue weighted by atomic mass is 9.81. The lowest BCUT2D eigenvalue weighted by molar-refractivity contribution is -0.169. The van der Waals surface area contributed by atoms with E-state index >= 15 is 0 Å². The first-order chi connectivity index (χ1) is 18.1. The maximum Gasteiger partial charge on any atom is 0.417 e. The fourth-order valence-corrected chi connectivity index (χ4v) is 5.20. The van der Waals surface area contributed by atoms with Gasteiger partial charge in [-0.05, 0) is 44.7 Å². The van der Waals surface area contributed by atoms with Crippen LogP contribution < -0.4 is 9.47 Å². The van der Waals surface area contributed by atoms with Crippen LogP contribution in [0.5, 0.6) is 11.6 Å². The number of aromatic nitrogens is 1. The smallest absolute Gasteiger partial charge is 0.417 e. The molecule has 11 heteroatoms. The lowest BCUT2D eigenvalue weighted by Crippen LogP contribution is -2.65. The molecule has 0 unspecified atom stereocenters. The van der Waals surface area contributed by atoms with E-state index in [0.29, 0.717) is 18.6 Å².